The van der Waals surface area contributed by atoms with Crippen molar-refractivity contribution in [2.24, 2.45) is 0 Å². The van der Waals surface area contributed by atoms with Crippen LogP contribution in [0.3, 0.4) is 0 Å². The molecule has 0 aliphatic carbocycles. The van der Waals surface area contributed by atoms with E-state index in [9.17, 15) is 0 Å². The van der Waals surface area contributed by atoms with E-state index in [1.54, 1.807) is 0 Å². The number of halogens is 2. The summed E-state index contributed by atoms with van der Waals surface area (Å²) in [6.07, 6.45) is 1.12. The molecule has 1 nitrogen and oxygen atoms in total. The molecule has 0 rings (SSSR count). The summed E-state index contributed by atoms with van der Waals surface area (Å²) in [5.74, 6) is 0.782. The minimum absolute atomic E-state index is 0.683. The third-order valence-corrected chi connectivity index (χ3v) is 3.18. The van der Waals surface area contributed by atoms with Crippen LogP contribution in [0.25, 0.3) is 0 Å². The predicted molar refractivity (Wildman–Crippen MR) is 60.9 cm³/mol. The number of alkyl halides is 2. The van der Waals surface area contributed by atoms with Crippen LogP contribution in [0, 0.1) is 0 Å². The molecule has 0 amide bonds. The first-order chi connectivity index (χ1) is 5.29. The minimum atomic E-state index is 0.683. The van der Waals surface area contributed by atoms with Gasteiger partial charge in [-0.25, -0.2) is 0 Å². The Bertz CT molecular complexity index is 86.2. The van der Waals surface area contributed by atoms with E-state index in [0.717, 1.165) is 25.4 Å². The number of rotatable bonds is 6. The van der Waals surface area contributed by atoms with E-state index < -0.39 is 0 Å². The first-order valence-corrected chi connectivity index (χ1v) is 6.22. The van der Waals surface area contributed by atoms with Gasteiger partial charge in [0.25, 0.3) is 0 Å². The first kappa shape index (κ1) is 12.0. The lowest BCUT2D eigenvalue weighted by atomic mass is 10.2. The van der Waals surface area contributed by atoms with Crippen molar-refractivity contribution < 1.29 is 0 Å². The van der Waals surface area contributed by atoms with E-state index >= 15 is 0 Å². The average molecular weight is 290 g/mol. The zero-order chi connectivity index (χ0) is 8.69. The molecular weight excluding hydrogens is 272 g/mol. The summed E-state index contributed by atoms with van der Waals surface area (Å²) in [6.45, 7) is 6.69. The van der Waals surface area contributed by atoms with Gasteiger partial charge in [-0.1, -0.05) is 36.4 Å². The molecule has 0 aliphatic heterocycles. The molecular formula is C8H17ClIN. The van der Waals surface area contributed by atoms with Crippen molar-refractivity contribution in [1.82, 2.24) is 4.90 Å². The molecule has 0 bridgehead atoms. The van der Waals surface area contributed by atoms with Crippen LogP contribution in [0.1, 0.15) is 20.3 Å². The fourth-order valence-electron chi connectivity index (χ4n) is 1.22. The normalized spacial score (nSPS) is 13.9. The summed E-state index contributed by atoms with van der Waals surface area (Å²) in [4.78, 5) is 2.47. The van der Waals surface area contributed by atoms with Gasteiger partial charge in [0.05, 0.1) is 0 Å². The van der Waals surface area contributed by atoms with E-state index in [2.05, 4.69) is 41.3 Å². The van der Waals surface area contributed by atoms with E-state index in [-0.39, 0.29) is 0 Å². The van der Waals surface area contributed by atoms with Gasteiger partial charge in [0.15, 0.2) is 0 Å². The Labute approximate surface area is 88.6 Å². The van der Waals surface area contributed by atoms with E-state index in [1.165, 1.54) is 4.43 Å². The SMILES string of the molecule is CCN(CC)C(CI)CCCl. The molecule has 0 N–H and O–H groups in total. The summed E-state index contributed by atoms with van der Waals surface area (Å²) in [5.41, 5.74) is 0. The standard InChI is InChI=1S/C8H17ClIN/c1-3-11(4-2)8(7-10)5-6-9/h8H,3-7H2,1-2H3. The lowest BCUT2D eigenvalue weighted by Gasteiger charge is -2.27. The molecule has 0 spiro atoms. The van der Waals surface area contributed by atoms with Crippen molar-refractivity contribution in [2.75, 3.05) is 23.4 Å². The largest absolute Gasteiger partial charge is 0.300 e. The Morgan fingerprint density at radius 1 is 1.36 bits per heavy atom. The molecule has 0 aliphatic rings. The first-order valence-electron chi connectivity index (χ1n) is 4.16. The van der Waals surface area contributed by atoms with Gasteiger partial charge in [0.1, 0.15) is 0 Å². The number of hydrogen-bond acceptors (Lipinski definition) is 1. The van der Waals surface area contributed by atoms with Gasteiger partial charge in [0, 0.05) is 16.3 Å². The van der Waals surface area contributed by atoms with Crippen LogP contribution < -0.4 is 0 Å². The molecule has 68 valence electrons. The van der Waals surface area contributed by atoms with Crippen LogP contribution in [0.4, 0.5) is 0 Å². The Morgan fingerprint density at radius 2 is 1.91 bits per heavy atom. The zero-order valence-electron chi connectivity index (χ0n) is 7.32. The van der Waals surface area contributed by atoms with E-state index in [1.807, 2.05) is 0 Å². The maximum atomic E-state index is 5.70. The van der Waals surface area contributed by atoms with Crippen LogP contribution in [0.5, 0.6) is 0 Å². The highest BCUT2D eigenvalue weighted by Crippen LogP contribution is 2.08. The van der Waals surface area contributed by atoms with Gasteiger partial charge >= 0.3 is 0 Å². The molecule has 11 heavy (non-hydrogen) atoms. The van der Waals surface area contributed by atoms with Crippen LogP contribution in [-0.2, 0) is 0 Å². The third kappa shape index (κ3) is 4.53. The second-order valence-corrected chi connectivity index (χ2v) is 3.77. The maximum absolute atomic E-state index is 5.70. The lowest BCUT2D eigenvalue weighted by molar-refractivity contribution is 0.233. The zero-order valence-corrected chi connectivity index (χ0v) is 10.2. The van der Waals surface area contributed by atoms with Crippen LogP contribution in [-0.4, -0.2) is 34.3 Å². The van der Waals surface area contributed by atoms with Crippen molar-refractivity contribution in [3.8, 4) is 0 Å². The third-order valence-electron chi connectivity index (χ3n) is 1.95. The highest BCUT2D eigenvalue weighted by atomic mass is 127. The van der Waals surface area contributed by atoms with Gasteiger partial charge in [-0.3, -0.25) is 0 Å². The van der Waals surface area contributed by atoms with Crippen LogP contribution in [0.2, 0.25) is 0 Å². The summed E-state index contributed by atoms with van der Waals surface area (Å²) < 4.78 is 1.19. The molecule has 1 unspecified atom stereocenters. The maximum Gasteiger partial charge on any atom is 0.0238 e. The van der Waals surface area contributed by atoms with Gasteiger partial charge in [-0.05, 0) is 19.5 Å². The van der Waals surface area contributed by atoms with Crippen molar-refractivity contribution >= 4 is 34.2 Å². The summed E-state index contributed by atoms with van der Waals surface area (Å²) in [6, 6.07) is 0.683. The van der Waals surface area contributed by atoms with Crippen LogP contribution >= 0.6 is 34.2 Å². The Morgan fingerprint density at radius 3 is 2.18 bits per heavy atom. The number of nitrogens with zero attached hydrogens (tertiary/aromatic N) is 1. The summed E-state index contributed by atoms with van der Waals surface area (Å²) >= 11 is 8.14. The molecule has 0 aromatic rings. The Kier molecular flexibility index (Phi) is 8.30. The molecule has 0 radical (unpaired) electrons. The highest BCUT2D eigenvalue weighted by molar-refractivity contribution is 14.1. The van der Waals surface area contributed by atoms with Crippen molar-refractivity contribution in [3.05, 3.63) is 0 Å². The van der Waals surface area contributed by atoms with Gasteiger partial charge in [-0.2, -0.15) is 0 Å². The monoisotopic (exact) mass is 289 g/mol. The average Bonchev–Trinajstić information content (AvgIpc) is 2.05. The topological polar surface area (TPSA) is 3.24 Å². The smallest absolute Gasteiger partial charge is 0.0238 e. The second kappa shape index (κ2) is 7.62. The molecule has 1 atom stereocenters. The molecule has 0 saturated carbocycles. The minimum Gasteiger partial charge on any atom is -0.300 e. The molecule has 0 aromatic carbocycles. The van der Waals surface area contributed by atoms with Gasteiger partial charge < -0.3 is 4.90 Å². The Balaban J connectivity index is 3.76. The quantitative estimate of drug-likeness (QED) is 0.537. The highest BCUT2D eigenvalue weighted by Gasteiger charge is 2.12. The molecule has 0 aromatic heterocycles. The van der Waals surface area contributed by atoms with Crippen molar-refractivity contribution in [1.29, 1.82) is 0 Å². The van der Waals surface area contributed by atoms with Crippen molar-refractivity contribution in [2.45, 2.75) is 26.3 Å². The van der Waals surface area contributed by atoms with Gasteiger partial charge in [-0.15, -0.1) is 11.6 Å². The summed E-state index contributed by atoms with van der Waals surface area (Å²) in [5, 5.41) is 0. The van der Waals surface area contributed by atoms with E-state index in [4.69, 9.17) is 11.6 Å². The summed E-state index contributed by atoms with van der Waals surface area (Å²) in [7, 11) is 0. The molecule has 0 fully saturated rings. The lowest BCUT2D eigenvalue weighted by Crippen LogP contribution is -2.36. The Hall–Kier alpha value is 0.980. The second-order valence-electron chi connectivity index (χ2n) is 2.51. The van der Waals surface area contributed by atoms with Crippen molar-refractivity contribution in [3.63, 3.8) is 0 Å². The fraction of sp³-hybridized carbons (Fsp3) is 1.00. The predicted octanol–water partition coefficient (Wildman–Crippen LogP) is 2.76. The van der Waals surface area contributed by atoms with Crippen LogP contribution in [0.15, 0.2) is 0 Å². The van der Waals surface area contributed by atoms with E-state index in [0.29, 0.717) is 6.04 Å². The molecule has 0 saturated heterocycles. The molecule has 3 heteroatoms. The van der Waals surface area contributed by atoms with Gasteiger partial charge in [0.2, 0.25) is 0 Å². The number of hydrogen-bond donors (Lipinski definition) is 0. The molecule has 0 heterocycles. The fourth-order valence-corrected chi connectivity index (χ4v) is 2.47.